The van der Waals surface area contributed by atoms with Crippen LogP contribution in [-0.4, -0.2) is 30.9 Å². The van der Waals surface area contributed by atoms with E-state index in [4.69, 9.17) is 51.1 Å². The van der Waals surface area contributed by atoms with Crippen LogP contribution in [0.15, 0.2) is 70.9 Å². The third kappa shape index (κ3) is 6.95. The Kier molecular flexibility index (Phi) is 9.30. The number of benzene rings is 3. The van der Waals surface area contributed by atoms with Crippen LogP contribution in [0.3, 0.4) is 0 Å². The summed E-state index contributed by atoms with van der Waals surface area (Å²) in [6.45, 7) is -0.392. The zero-order chi connectivity index (χ0) is 24.5. The van der Waals surface area contributed by atoms with Crippen LogP contribution in [0.25, 0.3) is 0 Å². The van der Waals surface area contributed by atoms with Crippen molar-refractivity contribution in [2.75, 3.05) is 6.61 Å². The van der Waals surface area contributed by atoms with Gasteiger partial charge < -0.3 is 4.74 Å². The largest absolute Gasteiger partial charge is 0.483 e. The molecule has 2 N–H and O–H groups in total. The van der Waals surface area contributed by atoms with E-state index in [-0.39, 0.29) is 11.3 Å². The van der Waals surface area contributed by atoms with E-state index in [0.29, 0.717) is 31.2 Å². The first-order valence-electron chi connectivity index (χ1n) is 9.62. The van der Waals surface area contributed by atoms with Crippen molar-refractivity contribution >= 4 is 70.6 Å². The molecular weight excluding hydrogens is 522 g/mol. The Morgan fingerprint density at radius 1 is 0.735 bits per heavy atom. The van der Waals surface area contributed by atoms with Crippen LogP contribution in [0.2, 0.25) is 20.1 Å². The number of carbonyl (C=O) groups excluding carboxylic acids is 2. The molecule has 0 unspecified atom stereocenters. The molecule has 0 fully saturated rings. The van der Waals surface area contributed by atoms with Crippen molar-refractivity contribution in [3.8, 4) is 5.75 Å². The second kappa shape index (κ2) is 12.4. The quantitative estimate of drug-likeness (QED) is 0.289. The highest BCUT2D eigenvalue weighted by atomic mass is 35.5. The summed E-state index contributed by atoms with van der Waals surface area (Å²) in [5, 5.41) is 9.27. The maximum absolute atomic E-state index is 12.5. The molecule has 3 aromatic rings. The van der Waals surface area contributed by atoms with Gasteiger partial charge in [0.15, 0.2) is 6.61 Å². The third-order valence-electron chi connectivity index (χ3n) is 4.23. The number of carbonyl (C=O) groups is 2. The zero-order valence-corrected chi connectivity index (χ0v) is 20.3. The Morgan fingerprint density at radius 3 is 1.79 bits per heavy atom. The lowest BCUT2D eigenvalue weighted by molar-refractivity contribution is -0.123. The minimum Gasteiger partial charge on any atom is -0.483 e. The minimum absolute atomic E-state index is 0.170. The van der Waals surface area contributed by atoms with E-state index < -0.39 is 18.4 Å². The number of para-hydroxylation sites is 1. The van der Waals surface area contributed by atoms with E-state index in [9.17, 15) is 9.59 Å². The average Bonchev–Trinajstić information content (AvgIpc) is 2.81. The molecule has 7 nitrogen and oxygen atoms in total. The van der Waals surface area contributed by atoms with Crippen molar-refractivity contribution in [2.45, 2.75) is 0 Å². The second-order valence-corrected chi connectivity index (χ2v) is 8.18. The monoisotopic (exact) mass is 536 g/mol. The summed E-state index contributed by atoms with van der Waals surface area (Å²) in [5.74, 6) is -0.929. The van der Waals surface area contributed by atoms with E-state index in [2.05, 4.69) is 21.1 Å². The Morgan fingerprint density at radius 2 is 1.24 bits per heavy atom. The molecule has 2 amide bonds. The fraction of sp³-hybridized carbons (Fsp3) is 0.0435. The maximum atomic E-state index is 12.5. The topological polar surface area (TPSA) is 92.2 Å². The summed E-state index contributed by atoms with van der Waals surface area (Å²) in [4.78, 5) is 24.6. The van der Waals surface area contributed by atoms with Crippen molar-refractivity contribution in [1.82, 2.24) is 10.9 Å². The number of halogens is 4. The normalized spacial score (nSPS) is 11.1. The minimum atomic E-state index is -0.555. The molecule has 0 aliphatic rings. The van der Waals surface area contributed by atoms with Crippen LogP contribution in [0, 0.1) is 0 Å². The molecule has 0 atom stereocenters. The number of hydrazone groups is 2. The highest BCUT2D eigenvalue weighted by Gasteiger charge is 2.13. The molecule has 0 bridgehead atoms. The average molecular weight is 538 g/mol. The summed E-state index contributed by atoms with van der Waals surface area (Å²) in [6, 6.07) is 16.4. The molecule has 0 aliphatic heterocycles. The van der Waals surface area contributed by atoms with Crippen molar-refractivity contribution in [3.63, 3.8) is 0 Å². The first kappa shape index (κ1) is 25.5. The number of nitrogens with one attached hydrogen (secondary N) is 2. The molecule has 0 aromatic heterocycles. The van der Waals surface area contributed by atoms with Gasteiger partial charge in [-0.3, -0.25) is 9.59 Å². The standard InChI is InChI=1S/C23H16Cl4N4O3/c24-17-6-3-7-18(25)15(17)11-28-30-22(32)13-34-21-10-2-1-5-14(21)23(33)31-29-12-16-19(26)8-4-9-20(16)27/h1-12H,13H2,(H,30,32)(H,31,33). The summed E-state index contributed by atoms with van der Waals surface area (Å²) in [6.07, 6.45) is 2.66. The molecule has 0 saturated carbocycles. The van der Waals surface area contributed by atoms with E-state index in [1.54, 1.807) is 54.6 Å². The van der Waals surface area contributed by atoms with Gasteiger partial charge in [0, 0.05) is 11.1 Å². The molecule has 3 aromatic carbocycles. The maximum Gasteiger partial charge on any atom is 0.277 e. The molecule has 0 saturated heterocycles. The van der Waals surface area contributed by atoms with Crippen molar-refractivity contribution in [2.24, 2.45) is 10.2 Å². The first-order valence-corrected chi connectivity index (χ1v) is 11.1. The van der Waals surface area contributed by atoms with Crippen LogP contribution < -0.4 is 15.6 Å². The highest BCUT2D eigenvalue weighted by Crippen LogP contribution is 2.23. The van der Waals surface area contributed by atoms with Gasteiger partial charge in [0.2, 0.25) is 0 Å². The van der Waals surface area contributed by atoms with Gasteiger partial charge in [-0.1, -0.05) is 70.7 Å². The van der Waals surface area contributed by atoms with E-state index in [0.717, 1.165) is 0 Å². The van der Waals surface area contributed by atoms with E-state index >= 15 is 0 Å². The summed E-state index contributed by atoms with van der Waals surface area (Å²) in [5.41, 5.74) is 5.78. The fourth-order valence-electron chi connectivity index (χ4n) is 2.61. The van der Waals surface area contributed by atoms with Gasteiger partial charge in [-0.05, 0) is 36.4 Å². The van der Waals surface area contributed by atoms with Gasteiger partial charge in [-0.25, -0.2) is 10.9 Å². The van der Waals surface area contributed by atoms with E-state index in [1.807, 2.05) is 0 Å². The SMILES string of the molecule is O=C(COc1ccccc1C(=O)NN=Cc1c(Cl)cccc1Cl)NN=Cc1c(Cl)cccc1Cl. The Labute approximate surface area is 215 Å². The number of hydrogen-bond acceptors (Lipinski definition) is 5. The Bertz CT molecular complexity index is 1220. The number of rotatable bonds is 8. The summed E-state index contributed by atoms with van der Waals surface area (Å²) >= 11 is 24.2. The van der Waals surface area contributed by atoms with Crippen LogP contribution in [0.1, 0.15) is 21.5 Å². The Balaban J connectivity index is 1.58. The first-order chi connectivity index (χ1) is 16.4. The van der Waals surface area contributed by atoms with Crippen LogP contribution in [0.5, 0.6) is 5.75 Å². The van der Waals surface area contributed by atoms with Gasteiger partial charge >= 0.3 is 0 Å². The Hall–Kier alpha value is -3.10. The molecule has 3 rings (SSSR count). The van der Waals surface area contributed by atoms with Gasteiger partial charge in [-0.2, -0.15) is 10.2 Å². The summed E-state index contributed by atoms with van der Waals surface area (Å²) in [7, 11) is 0. The second-order valence-electron chi connectivity index (χ2n) is 6.55. The van der Waals surface area contributed by atoms with Crippen LogP contribution in [0.4, 0.5) is 0 Å². The van der Waals surface area contributed by atoms with Crippen molar-refractivity contribution in [1.29, 1.82) is 0 Å². The molecule has 0 aliphatic carbocycles. The van der Waals surface area contributed by atoms with Crippen molar-refractivity contribution < 1.29 is 14.3 Å². The summed E-state index contributed by atoms with van der Waals surface area (Å²) < 4.78 is 5.48. The van der Waals surface area contributed by atoms with Crippen LogP contribution in [-0.2, 0) is 4.79 Å². The molecule has 11 heteroatoms. The van der Waals surface area contributed by atoms with Crippen molar-refractivity contribution in [3.05, 3.63) is 97.4 Å². The number of ether oxygens (including phenoxy) is 1. The van der Waals surface area contributed by atoms with E-state index in [1.165, 1.54) is 18.5 Å². The molecule has 0 heterocycles. The van der Waals surface area contributed by atoms with Gasteiger partial charge in [0.05, 0.1) is 38.1 Å². The molecule has 34 heavy (non-hydrogen) atoms. The smallest absolute Gasteiger partial charge is 0.277 e. The number of amides is 2. The predicted octanol–water partition coefficient (Wildman–Crippen LogP) is 5.59. The zero-order valence-electron chi connectivity index (χ0n) is 17.3. The predicted molar refractivity (Wildman–Crippen MR) is 136 cm³/mol. The lowest BCUT2D eigenvalue weighted by Gasteiger charge is -2.09. The molecule has 0 spiro atoms. The number of nitrogens with zero attached hydrogens (tertiary/aromatic N) is 2. The van der Waals surface area contributed by atoms with Gasteiger partial charge in [0.25, 0.3) is 11.8 Å². The molecular formula is C23H16Cl4N4O3. The van der Waals surface area contributed by atoms with Gasteiger partial charge in [-0.15, -0.1) is 0 Å². The molecule has 0 radical (unpaired) electrons. The lowest BCUT2D eigenvalue weighted by atomic mass is 10.2. The van der Waals surface area contributed by atoms with Crippen LogP contribution >= 0.6 is 46.4 Å². The lowest BCUT2D eigenvalue weighted by Crippen LogP contribution is -2.26. The number of hydrogen-bond donors (Lipinski definition) is 2. The highest BCUT2D eigenvalue weighted by molar-refractivity contribution is 6.39. The van der Waals surface area contributed by atoms with Gasteiger partial charge in [0.1, 0.15) is 5.75 Å². The third-order valence-corrected chi connectivity index (χ3v) is 5.55. The fourth-order valence-corrected chi connectivity index (χ4v) is 3.60. The molecule has 174 valence electrons.